The van der Waals surface area contributed by atoms with Crippen molar-refractivity contribution in [2.75, 3.05) is 6.16 Å². The second-order valence-electron chi connectivity index (χ2n) is 6.26. The van der Waals surface area contributed by atoms with Crippen molar-refractivity contribution < 1.29 is 4.57 Å². The SMILES string of the molecule is CC1CCCC1CP(=O)(c1ccccc1)c1ccccc1. The largest absolute Gasteiger partial charge is 0.314 e. The summed E-state index contributed by atoms with van der Waals surface area (Å²) in [7, 11) is -2.51. The van der Waals surface area contributed by atoms with Crippen molar-refractivity contribution in [2.45, 2.75) is 26.2 Å². The van der Waals surface area contributed by atoms with Crippen molar-refractivity contribution in [2.24, 2.45) is 11.8 Å². The zero-order valence-corrected chi connectivity index (χ0v) is 13.5. The fourth-order valence-electron chi connectivity index (χ4n) is 3.52. The Kier molecular flexibility index (Phi) is 4.31. The van der Waals surface area contributed by atoms with E-state index < -0.39 is 7.14 Å². The van der Waals surface area contributed by atoms with Gasteiger partial charge in [0.25, 0.3) is 0 Å². The number of hydrogen-bond donors (Lipinski definition) is 0. The van der Waals surface area contributed by atoms with Crippen LogP contribution in [0.2, 0.25) is 0 Å². The first kappa shape index (κ1) is 14.6. The number of benzene rings is 2. The van der Waals surface area contributed by atoms with Crippen LogP contribution in [0.4, 0.5) is 0 Å². The Labute approximate surface area is 127 Å². The summed E-state index contributed by atoms with van der Waals surface area (Å²) in [6.07, 6.45) is 4.62. The molecule has 1 saturated carbocycles. The molecule has 0 N–H and O–H groups in total. The van der Waals surface area contributed by atoms with Gasteiger partial charge in [-0.1, -0.05) is 80.4 Å². The van der Waals surface area contributed by atoms with Crippen LogP contribution < -0.4 is 10.6 Å². The summed E-state index contributed by atoms with van der Waals surface area (Å²) in [6.45, 7) is 2.32. The Morgan fingerprint density at radius 2 is 1.43 bits per heavy atom. The van der Waals surface area contributed by atoms with Crippen molar-refractivity contribution in [3.8, 4) is 0 Å². The molecule has 0 bridgehead atoms. The van der Waals surface area contributed by atoms with Crippen LogP contribution in [0.5, 0.6) is 0 Å². The predicted octanol–water partition coefficient (Wildman–Crippen LogP) is 4.44. The summed E-state index contributed by atoms with van der Waals surface area (Å²) in [5.41, 5.74) is 0. The average Bonchev–Trinajstić information content (AvgIpc) is 2.94. The van der Waals surface area contributed by atoms with Crippen molar-refractivity contribution in [3.05, 3.63) is 60.7 Å². The molecule has 21 heavy (non-hydrogen) atoms. The molecule has 1 aliphatic carbocycles. The summed E-state index contributed by atoms with van der Waals surface area (Å²) in [4.78, 5) is 0. The third kappa shape index (κ3) is 2.99. The van der Waals surface area contributed by atoms with Crippen LogP contribution >= 0.6 is 7.14 Å². The van der Waals surface area contributed by atoms with Crippen LogP contribution in [0, 0.1) is 11.8 Å². The van der Waals surface area contributed by atoms with Crippen molar-refractivity contribution in [1.82, 2.24) is 0 Å². The molecule has 2 heteroatoms. The molecule has 1 nitrogen and oxygen atoms in total. The molecule has 0 saturated heterocycles. The van der Waals surface area contributed by atoms with Gasteiger partial charge in [0.2, 0.25) is 0 Å². The van der Waals surface area contributed by atoms with Gasteiger partial charge in [-0.3, -0.25) is 0 Å². The van der Waals surface area contributed by atoms with Crippen LogP contribution in [0.1, 0.15) is 26.2 Å². The Morgan fingerprint density at radius 3 is 1.86 bits per heavy atom. The maximum atomic E-state index is 13.9. The van der Waals surface area contributed by atoms with E-state index >= 15 is 0 Å². The van der Waals surface area contributed by atoms with Gasteiger partial charge in [-0.25, -0.2) is 0 Å². The highest BCUT2D eigenvalue weighted by atomic mass is 31.2. The monoisotopic (exact) mass is 298 g/mol. The topological polar surface area (TPSA) is 17.1 Å². The first-order chi connectivity index (χ1) is 10.2. The highest BCUT2D eigenvalue weighted by molar-refractivity contribution is 7.78. The van der Waals surface area contributed by atoms with E-state index in [1.54, 1.807) is 0 Å². The molecule has 1 aliphatic rings. The normalized spacial score (nSPS) is 22.3. The smallest absolute Gasteiger partial charge is 0.143 e. The van der Waals surface area contributed by atoms with Gasteiger partial charge >= 0.3 is 0 Å². The standard InChI is InChI=1S/C19H23OP/c1-16-9-8-10-17(16)15-21(20,18-11-4-2-5-12-18)19-13-6-3-7-14-19/h2-7,11-14,16-17H,8-10,15H2,1H3. The molecule has 0 spiro atoms. The lowest BCUT2D eigenvalue weighted by atomic mass is 10.0. The summed E-state index contributed by atoms with van der Waals surface area (Å²) in [5, 5.41) is 2.02. The molecule has 110 valence electrons. The van der Waals surface area contributed by atoms with E-state index in [-0.39, 0.29) is 0 Å². The predicted molar refractivity (Wildman–Crippen MR) is 91.1 cm³/mol. The third-order valence-corrected chi connectivity index (χ3v) is 8.13. The average molecular weight is 298 g/mol. The van der Waals surface area contributed by atoms with Crippen molar-refractivity contribution >= 4 is 17.8 Å². The second-order valence-corrected chi connectivity index (χ2v) is 9.14. The quantitative estimate of drug-likeness (QED) is 0.763. The van der Waals surface area contributed by atoms with E-state index in [0.717, 1.165) is 16.8 Å². The van der Waals surface area contributed by atoms with E-state index in [0.29, 0.717) is 11.8 Å². The van der Waals surface area contributed by atoms with Gasteiger partial charge in [0.15, 0.2) is 0 Å². The van der Waals surface area contributed by atoms with Crippen molar-refractivity contribution in [1.29, 1.82) is 0 Å². The Morgan fingerprint density at radius 1 is 0.905 bits per heavy atom. The minimum atomic E-state index is -2.51. The van der Waals surface area contributed by atoms with E-state index in [9.17, 15) is 4.57 Å². The maximum absolute atomic E-state index is 13.9. The minimum absolute atomic E-state index is 0.594. The van der Waals surface area contributed by atoms with Crippen LogP contribution in [0.3, 0.4) is 0 Å². The first-order valence-electron chi connectivity index (χ1n) is 7.90. The van der Waals surface area contributed by atoms with Crippen molar-refractivity contribution in [3.63, 3.8) is 0 Å². The van der Waals surface area contributed by atoms with Crippen LogP contribution in [0.15, 0.2) is 60.7 Å². The van der Waals surface area contributed by atoms with Crippen LogP contribution in [-0.4, -0.2) is 6.16 Å². The molecule has 0 aromatic heterocycles. The zero-order valence-electron chi connectivity index (χ0n) is 12.6. The molecule has 0 aliphatic heterocycles. The molecule has 2 unspecified atom stereocenters. The highest BCUT2D eigenvalue weighted by Crippen LogP contribution is 2.49. The number of rotatable bonds is 4. The first-order valence-corrected chi connectivity index (χ1v) is 9.79. The Hall–Kier alpha value is -1.33. The van der Waals surface area contributed by atoms with Gasteiger partial charge in [-0.05, 0) is 18.3 Å². The van der Waals surface area contributed by atoms with Gasteiger partial charge in [0, 0.05) is 16.8 Å². The molecule has 2 atom stereocenters. The lowest BCUT2D eigenvalue weighted by Crippen LogP contribution is -2.23. The molecular formula is C19H23OP. The lowest BCUT2D eigenvalue weighted by molar-refractivity contribution is 0.455. The molecule has 2 aromatic carbocycles. The molecule has 0 radical (unpaired) electrons. The summed E-state index contributed by atoms with van der Waals surface area (Å²) < 4.78 is 13.9. The second kappa shape index (κ2) is 6.20. The Bertz CT molecular complexity index is 577. The molecule has 1 fully saturated rings. The molecule has 2 aromatic rings. The highest BCUT2D eigenvalue weighted by Gasteiger charge is 2.34. The van der Waals surface area contributed by atoms with Gasteiger partial charge in [0.1, 0.15) is 7.14 Å². The molecule has 0 heterocycles. The van der Waals surface area contributed by atoms with Gasteiger partial charge in [-0.2, -0.15) is 0 Å². The fourth-order valence-corrected chi connectivity index (χ4v) is 6.75. The summed E-state index contributed by atoms with van der Waals surface area (Å²) >= 11 is 0. The minimum Gasteiger partial charge on any atom is -0.314 e. The van der Waals surface area contributed by atoms with Gasteiger partial charge in [0.05, 0.1) is 0 Å². The number of hydrogen-bond acceptors (Lipinski definition) is 1. The molecule has 0 amide bonds. The molecular weight excluding hydrogens is 275 g/mol. The Balaban J connectivity index is 2.01. The van der Waals surface area contributed by atoms with E-state index in [1.807, 2.05) is 60.7 Å². The van der Waals surface area contributed by atoms with Gasteiger partial charge < -0.3 is 4.57 Å². The third-order valence-electron chi connectivity index (χ3n) is 4.88. The fraction of sp³-hybridized carbons (Fsp3) is 0.368. The summed E-state index contributed by atoms with van der Waals surface area (Å²) in [5.74, 6) is 1.29. The van der Waals surface area contributed by atoms with E-state index in [1.165, 1.54) is 19.3 Å². The van der Waals surface area contributed by atoms with Crippen LogP contribution in [-0.2, 0) is 4.57 Å². The van der Waals surface area contributed by atoms with Gasteiger partial charge in [-0.15, -0.1) is 0 Å². The van der Waals surface area contributed by atoms with E-state index in [2.05, 4.69) is 6.92 Å². The lowest BCUT2D eigenvalue weighted by Gasteiger charge is -2.25. The summed E-state index contributed by atoms with van der Waals surface area (Å²) in [6, 6.07) is 20.1. The zero-order chi connectivity index (χ0) is 14.7. The maximum Gasteiger partial charge on any atom is 0.143 e. The van der Waals surface area contributed by atoms with Crippen LogP contribution in [0.25, 0.3) is 0 Å². The van der Waals surface area contributed by atoms with E-state index in [4.69, 9.17) is 0 Å². The molecule has 3 rings (SSSR count).